The third-order valence-electron chi connectivity index (χ3n) is 1.85. The molecule has 0 spiro atoms. The van der Waals surface area contributed by atoms with Crippen LogP contribution in [-0.2, 0) is 6.54 Å². The van der Waals surface area contributed by atoms with Crippen LogP contribution in [-0.4, -0.2) is 5.17 Å². The van der Waals surface area contributed by atoms with Crippen molar-refractivity contribution >= 4 is 16.8 Å². The zero-order chi connectivity index (χ0) is 10.4. The van der Waals surface area contributed by atoms with E-state index in [0.717, 1.165) is 11.6 Å². The van der Waals surface area contributed by atoms with Crippen molar-refractivity contribution in [3.63, 3.8) is 0 Å². The fraction of sp³-hybridized carbons (Fsp3) is 0.417. The molecular weight excluding hydrogens is 194 g/mol. The van der Waals surface area contributed by atoms with Gasteiger partial charge in [-0.3, -0.25) is 4.99 Å². The number of aliphatic imine (C=N–C) groups is 1. The van der Waals surface area contributed by atoms with Crippen LogP contribution in [0.15, 0.2) is 35.3 Å². The molecule has 0 aliphatic heterocycles. The predicted molar refractivity (Wildman–Crippen MR) is 62.9 cm³/mol. The first-order chi connectivity index (χ1) is 6.68. The first-order valence-corrected chi connectivity index (χ1v) is 5.29. The van der Waals surface area contributed by atoms with Crippen LogP contribution >= 0.6 is 11.6 Å². The Morgan fingerprint density at radius 3 is 2.50 bits per heavy atom. The van der Waals surface area contributed by atoms with Gasteiger partial charge in [-0.05, 0) is 11.5 Å². The van der Waals surface area contributed by atoms with Crippen LogP contribution in [0.5, 0.6) is 0 Å². The third kappa shape index (κ3) is 4.43. The molecule has 0 aliphatic rings. The van der Waals surface area contributed by atoms with E-state index >= 15 is 0 Å². The van der Waals surface area contributed by atoms with Crippen LogP contribution in [0.25, 0.3) is 0 Å². The minimum atomic E-state index is 0.571. The van der Waals surface area contributed by atoms with Crippen molar-refractivity contribution in [1.29, 1.82) is 0 Å². The lowest BCUT2D eigenvalue weighted by Gasteiger charge is -2.02. The smallest absolute Gasteiger partial charge is 0.101 e. The largest absolute Gasteiger partial charge is 0.273 e. The van der Waals surface area contributed by atoms with Gasteiger partial charge in [0.25, 0.3) is 0 Å². The molecule has 0 saturated carbocycles. The summed E-state index contributed by atoms with van der Waals surface area (Å²) in [7, 11) is 0. The zero-order valence-electron chi connectivity index (χ0n) is 8.70. The molecule has 0 unspecified atom stereocenters. The molecule has 2 heteroatoms. The molecule has 0 fully saturated rings. The Morgan fingerprint density at radius 1 is 1.29 bits per heavy atom. The Morgan fingerprint density at radius 2 is 1.93 bits per heavy atom. The molecule has 76 valence electrons. The lowest BCUT2D eigenvalue weighted by Crippen LogP contribution is -1.96. The summed E-state index contributed by atoms with van der Waals surface area (Å²) < 4.78 is 0. The number of benzene rings is 1. The van der Waals surface area contributed by atoms with Crippen molar-refractivity contribution in [3.05, 3.63) is 35.9 Å². The number of hydrogen-bond donors (Lipinski definition) is 0. The second-order valence-corrected chi connectivity index (χ2v) is 4.21. The summed E-state index contributed by atoms with van der Waals surface area (Å²) in [6.45, 7) is 4.97. The van der Waals surface area contributed by atoms with Crippen LogP contribution in [0, 0.1) is 5.92 Å². The number of hydrogen-bond acceptors (Lipinski definition) is 1. The summed E-state index contributed by atoms with van der Waals surface area (Å²) >= 11 is 5.98. The minimum absolute atomic E-state index is 0.571. The molecule has 1 aromatic carbocycles. The highest BCUT2D eigenvalue weighted by molar-refractivity contribution is 6.65. The maximum Gasteiger partial charge on any atom is 0.101 e. The van der Waals surface area contributed by atoms with Gasteiger partial charge in [0.15, 0.2) is 0 Å². The Balaban J connectivity index is 2.47. The Kier molecular flexibility index (Phi) is 4.68. The van der Waals surface area contributed by atoms with Gasteiger partial charge < -0.3 is 0 Å². The lowest BCUT2D eigenvalue weighted by atomic mass is 10.1. The zero-order valence-corrected chi connectivity index (χ0v) is 9.46. The number of nitrogens with zero attached hydrogens (tertiary/aromatic N) is 1. The van der Waals surface area contributed by atoms with Gasteiger partial charge in [-0.15, -0.1) is 0 Å². The van der Waals surface area contributed by atoms with E-state index in [-0.39, 0.29) is 0 Å². The fourth-order valence-corrected chi connectivity index (χ4v) is 1.53. The van der Waals surface area contributed by atoms with Crippen molar-refractivity contribution in [2.45, 2.75) is 26.8 Å². The summed E-state index contributed by atoms with van der Waals surface area (Å²) in [4.78, 5) is 4.32. The van der Waals surface area contributed by atoms with Crippen LogP contribution in [0.4, 0.5) is 0 Å². The topological polar surface area (TPSA) is 12.4 Å². The van der Waals surface area contributed by atoms with E-state index in [1.165, 1.54) is 5.56 Å². The summed E-state index contributed by atoms with van der Waals surface area (Å²) in [6.07, 6.45) is 0.869. The fourth-order valence-electron chi connectivity index (χ4n) is 1.16. The number of rotatable bonds is 4. The maximum atomic E-state index is 5.98. The van der Waals surface area contributed by atoms with Crippen molar-refractivity contribution in [1.82, 2.24) is 0 Å². The summed E-state index contributed by atoms with van der Waals surface area (Å²) in [5, 5.41) is 0.726. The highest BCUT2D eigenvalue weighted by Crippen LogP contribution is 2.07. The first-order valence-electron chi connectivity index (χ1n) is 4.91. The molecule has 0 saturated heterocycles. The molecular formula is C12H16ClN. The van der Waals surface area contributed by atoms with E-state index in [1.807, 2.05) is 18.2 Å². The molecule has 0 atom stereocenters. The van der Waals surface area contributed by atoms with E-state index in [1.54, 1.807) is 0 Å². The SMILES string of the molecule is CC(C)C/C(Cl)=N/Cc1ccccc1. The second-order valence-electron chi connectivity index (χ2n) is 3.78. The highest BCUT2D eigenvalue weighted by Gasteiger charge is 1.98. The molecule has 1 aromatic rings. The molecule has 0 bridgehead atoms. The Labute approximate surface area is 90.8 Å². The van der Waals surface area contributed by atoms with Crippen LogP contribution in [0.3, 0.4) is 0 Å². The monoisotopic (exact) mass is 209 g/mol. The van der Waals surface area contributed by atoms with E-state index in [0.29, 0.717) is 12.5 Å². The number of halogens is 1. The van der Waals surface area contributed by atoms with Crippen molar-refractivity contribution < 1.29 is 0 Å². The van der Waals surface area contributed by atoms with Crippen molar-refractivity contribution in [2.75, 3.05) is 0 Å². The summed E-state index contributed by atoms with van der Waals surface area (Å²) in [6, 6.07) is 10.2. The summed E-state index contributed by atoms with van der Waals surface area (Å²) in [5.41, 5.74) is 1.20. The lowest BCUT2D eigenvalue weighted by molar-refractivity contribution is 0.686. The molecule has 0 aliphatic carbocycles. The van der Waals surface area contributed by atoms with Crippen molar-refractivity contribution in [2.24, 2.45) is 10.9 Å². The van der Waals surface area contributed by atoms with Crippen LogP contribution in [0.1, 0.15) is 25.8 Å². The molecule has 0 amide bonds. The molecule has 0 radical (unpaired) electrons. The van der Waals surface area contributed by atoms with Gasteiger partial charge in [0, 0.05) is 6.42 Å². The average molecular weight is 210 g/mol. The molecule has 0 aromatic heterocycles. The average Bonchev–Trinajstić information content (AvgIpc) is 2.15. The van der Waals surface area contributed by atoms with Gasteiger partial charge in [0.2, 0.25) is 0 Å². The maximum absolute atomic E-state index is 5.98. The summed E-state index contributed by atoms with van der Waals surface area (Å²) in [5.74, 6) is 0.571. The normalized spacial score (nSPS) is 12.1. The van der Waals surface area contributed by atoms with Gasteiger partial charge in [0.1, 0.15) is 5.17 Å². The highest BCUT2D eigenvalue weighted by atomic mass is 35.5. The van der Waals surface area contributed by atoms with Gasteiger partial charge >= 0.3 is 0 Å². The molecule has 1 rings (SSSR count). The Bertz CT molecular complexity index is 290. The quantitative estimate of drug-likeness (QED) is 0.668. The van der Waals surface area contributed by atoms with Crippen LogP contribution in [0.2, 0.25) is 0 Å². The second kappa shape index (κ2) is 5.82. The van der Waals surface area contributed by atoms with E-state index < -0.39 is 0 Å². The van der Waals surface area contributed by atoms with E-state index in [2.05, 4.69) is 31.0 Å². The molecule has 14 heavy (non-hydrogen) atoms. The van der Waals surface area contributed by atoms with Crippen LogP contribution < -0.4 is 0 Å². The molecule has 0 N–H and O–H groups in total. The minimum Gasteiger partial charge on any atom is -0.273 e. The standard InChI is InChI=1S/C12H16ClN/c1-10(2)8-12(13)14-9-11-6-4-3-5-7-11/h3-7,10H,8-9H2,1-2H3/b14-12-. The Hall–Kier alpha value is -0.820. The van der Waals surface area contributed by atoms with Gasteiger partial charge in [-0.2, -0.15) is 0 Å². The third-order valence-corrected chi connectivity index (χ3v) is 2.13. The van der Waals surface area contributed by atoms with Gasteiger partial charge in [-0.1, -0.05) is 55.8 Å². The first kappa shape index (κ1) is 11.3. The molecule has 1 nitrogen and oxygen atoms in total. The van der Waals surface area contributed by atoms with Gasteiger partial charge in [-0.25, -0.2) is 0 Å². The van der Waals surface area contributed by atoms with Gasteiger partial charge in [0.05, 0.1) is 6.54 Å². The van der Waals surface area contributed by atoms with E-state index in [9.17, 15) is 0 Å². The van der Waals surface area contributed by atoms with E-state index in [4.69, 9.17) is 11.6 Å². The molecule has 0 heterocycles. The van der Waals surface area contributed by atoms with Crippen molar-refractivity contribution in [3.8, 4) is 0 Å². The predicted octanol–water partition coefficient (Wildman–Crippen LogP) is 3.87.